The average molecular weight is 261 g/mol. The van der Waals surface area contributed by atoms with Crippen molar-refractivity contribution >= 4 is 17.5 Å². The highest BCUT2D eigenvalue weighted by Gasteiger charge is 2.35. The van der Waals surface area contributed by atoms with Crippen LogP contribution in [0.3, 0.4) is 0 Å². The van der Waals surface area contributed by atoms with Crippen LogP contribution < -0.4 is 10.2 Å². The van der Waals surface area contributed by atoms with Crippen molar-refractivity contribution in [3.8, 4) is 0 Å². The van der Waals surface area contributed by atoms with Crippen molar-refractivity contribution in [1.82, 2.24) is 14.9 Å². The van der Waals surface area contributed by atoms with Crippen molar-refractivity contribution in [2.45, 2.75) is 25.8 Å². The lowest BCUT2D eigenvalue weighted by atomic mass is 10.1. The van der Waals surface area contributed by atoms with E-state index in [9.17, 15) is 4.79 Å². The number of aromatic nitrogens is 2. The highest BCUT2D eigenvalue weighted by atomic mass is 16.2. The third-order valence-electron chi connectivity index (χ3n) is 3.83. The Morgan fingerprint density at radius 2 is 2.32 bits per heavy atom. The summed E-state index contributed by atoms with van der Waals surface area (Å²) in [7, 11) is 0. The molecule has 1 N–H and O–H groups in total. The molecule has 0 aliphatic carbocycles. The summed E-state index contributed by atoms with van der Waals surface area (Å²) in [6.07, 6.45) is 3.27. The second kappa shape index (κ2) is 5.03. The number of carbonyl (C=O) groups excluding carboxylic acids is 1. The van der Waals surface area contributed by atoms with Gasteiger partial charge < -0.3 is 15.1 Å². The Kier molecular flexibility index (Phi) is 3.23. The maximum Gasteiger partial charge on any atom is 0.223 e. The van der Waals surface area contributed by atoms with Gasteiger partial charge in [0.05, 0.1) is 0 Å². The van der Waals surface area contributed by atoms with Crippen molar-refractivity contribution < 1.29 is 4.79 Å². The molecule has 6 nitrogen and oxygen atoms in total. The van der Waals surface area contributed by atoms with E-state index in [1.54, 1.807) is 6.33 Å². The molecule has 102 valence electrons. The fraction of sp³-hybridized carbons (Fsp3) is 0.615. The third kappa shape index (κ3) is 2.34. The van der Waals surface area contributed by atoms with E-state index in [2.05, 4.69) is 20.2 Å². The van der Waals surface area contributed by atoms with Gasteiger partial charge in [-0.2, -0.15) is 0 Å². The van der Waals surface area contributed by atoms with Crippen molar-refractivity contribution in [2.75, 3.05) is 36.4 Å². The second-order valence-electron chi connectivity index (χ2n) is 5.02. The largest absolute Gasteiger partial charge is 0.370 e. The van der Waals surface area contributed by atoms with Gasteiger partial charge in [-0.1, -0.05) is 0 Å². The summed E-state index contributed by atoms with van der Waals surface area (Å²) in [4.78, 5) is 24.5. The van der Waals surface area contributed by atoms with Gasteiger partial charge in [-0.25, -0.2) is 9.97 Å². The molecule has 3 heterocycles. The van der Waals surface area contributed by atoms with Crippen molar-refractivity contribution in [1.29, 1.82) is 0 Å². The van der Waals surface area contributed by atoms with Crippen LogP contribution in [0.5, 0.6) is 0 Å². The molecule has 6 heteroatoms. The summed E-state index contributed by atoms with van der Waals surface area (Å²) in [6.45, 7) is 5.44. The first-order chi connectivity index (χ1) is 9.28. The van der Waals surface area contributed by atoms with E-state index in [4.69, 9.17) is 0 Å². The summed E-state index contributed by atoms with van der Waals surface area (Å²) in [5.74, 6) is 2.11. The molecule has 1 unspecified atom stereocenters. The molecule has 2 aliphatic heterocycles. The Morgan fingerprint density at radius 1 is 1.42 bits per heavy atom. The van der Waals surface area contributed by atoms with E-state index >= 15 is 0 Å². The molecule has 0 saturated carbocycles. The molecule has 2 fully saturated rings. The zero-order valence-corrected chi connectivity index (χ0v) is 11.2. The fourth-order valence-corrected chi connectivity index (χ4v) is 2.87. The SMILES string of the molecule is CCNc1cc(N2CCN3C(=O)CCC3C2)ncn1. The minimum atomic E-state index is 0.306. The van der Waals surface area contributed by atoms with E-state index in [-0.39, 0.29) is 0 Å². The number of rotatable bonds is 3. The number of anilines is 2. The highest BCUT2D eigenvalue weighted by Crippen LogP contribution is 2.25. The number of hydrogen-bond donors (Lipinski definition) is 1. The predicted octanol–water partition coefficient (Wildman–Crippen LogP) is 0.719. The number of nitrogens with zero attached hydrogens (tertiary/aromatic N) is 4. The van der Waals surface area contributed by atoms with E-state index in [1.807, 2.05) is 17.9 Å². The molecule has 0 spiro atoms. The first kappa shape index (κ1) is 12.2. The van der Waals surface area contributed by atoms with Gasteiger partial charge in [0.1, 0.15) is 18.0 Å². The smallest absolute Gasteiger partial charge is 0.223 e. The molecule has 0 radical (unpaired) electrons. The molecule has 1 amide bonds. The van der Waals surface area contributed by atoms with Gasteiger partial charge in [-0.05, 0) is 13.3 Å². The number of nitrogens with one attached hydrogen (secondary N) is 1. The van der Waals surface area contributed by atoms with Crippen LogP contribution in [0, 0.1) is 0 Å². The van der Waals surface area contributed by atoms with Gasteiger partial charge >= 0.3 is 0 Å². The summed E-state index contributed by atoms with van der Waals surface area (Å²) >= 11 is 0. The number of fused-ring (bicyclic) bond motifs is 1. The van der Waals surface area contributed by atoms with Crippen LogP contribution in [0.1, 0.15) is 19.8 Å². The zero-order valence-electron chi connectivity index (χ0n) is 11.2. The molecule has 0 aromatic carbocycles. The van der Waals surface area contributed by atoms with Crippen molar-refractivity contribution in [3.63, 3.8) is 0 Å². The van der Waals surface area contributed by atoms with E-state index in [1.165, 1.54) is 0 Å². The van der Waals surface area contributed by atoms with Gasteiger partial charge in [0.2, 0.25) is 5.91 Å². The molecule has 1 atom stereocenters. The number of hydrogen-bond acceptors (Lipinski definition) is 5. The Hall–Kier alpha value is -1.85. The number of amides is 1. The first-order valence-corrected chi connectivity index (χ1v) is 6.88. The van der Waals surface area contributed by atoms with Crippen LogP contribution in [-0.2, 0) is 4.79 Å². The molecular weight excluding hydrogens is 242 g/mol. The monoisotopic (exact) mass is 261 g/mol. The van der Waals surface area contributed by atoms with E-state index in [0.29, 0.717) is 18.4 Å². The molecule has 3 rings (SSSR count). The van der Waals surface area contributed by atoms with Crippen LogP contribution >= 0.6 is 0 Å². The maximum atomic E-state index is 11.7. The molecule has 1 aromatic heterocycles. The average Bonchev–Trinajstić information content (AvgIpc) is 2.81. The van der Waals surface area contributed by atoms with Crippen LogP contribution in [0.4, 0.5) is 11.6 Å². The molecule has 19 heavy (non-hydrogen) atoms. The van der Waals surface area contributed by atoms with E-state index in [0.717, 1.165) is 44.2 Å². The summed E-state index contributed by atoms with van der Waals surface area (Å²) in [5, 5.41) is 3.20. The third-order valence-corrected chi connectivity index (χ3v) is 3.83. The van der Waals surface area contributed by atoms with Crippen LogP contribution in [0.15, 0.2) is 12.4 Å². The minimum absolute atomic E-state index is 0.306. The zero-order chi connectivity index (χ0) is 13.2. The quantitative estimate of drug-likeness (QED) is 0.868. The number of carbonyl (C=O) groups is 1. The maximum absolute atomic E-state index is 11.7. The second-order valence-corrected chi connectivity index (χ2v) is 5.02. The topological polar surface area (TPSA) is 61.4 Å². The van der Waals surface area contributed by atoms with Gasteiger partial charge in [-0.15, -0.1) is 0 Å². The van der Waals surface area contributed by atoms with Gasteiger partial charge in [0.25, 0.3) is 0 Å². The van der Waals surface area contributed by atoms with Crippen LogP contribution in [-0.4, -0.2) is 53.0 Å². The van der Waals surface area contributed by atoms with Crippen LogP contribution in [0.2, 0.25) is 0 Å². The summed E-state index contributed by atoms with van der Waals surface area (Å²) < 4.78 is 0. The van der Waals surface area contributed by atoms with Crippen LogP contribution in [0.25, 0.3) is 0 Å². The normalized spacial score (nSPS) is 22.6. The molecule has 2 aliphatic rings. The molecule has 2 saturated heterocycles. The van der Waals surface area contributed by atoms with Crippen molar-refractivity contribution in [3.05, 3.63) is 12.4 Å². The fourth-order valence-electron chi connectivity index (χ4n) is 2.87. The van der Waals surface area contributed by atoms with Gasteiger partial charge in [0.15, 0.2) is 0 Å². The number of piperazine rings is 1. The van der Waals surface area contributed by atoms with E-state index < -0.39 is 0 Å². The first-order valence-electron chi connectivity index (χ1n) is 6.88. The van der Waals surface area contributed by atoms with Gasteiger partial charge in [-0.3, -0.25) is 4.79 Å². The molecule has 0 bridgehead atoms. The van der Waals surface area contributed by atoms with Crippen molar-refractivity contribution in [2.24, 2.45) is 0 Å². The standard InChI is InChI=1S/C13H19N5O/c1-2-14-11-7-12(16-9-15-11)17-5-6-18-10(8-17)3-4-13(18)19/h7,9-10H,2-6,8H2,1H3,(H,14,15,16). The Balaban J connectivity index is 1.73. The molecule has 1 aromatic rings. The highest BCUT2D eigenvalue weighted by molar-refractivity contribution is 5.79. The van der Waals surface area contributed by atoms with Gasteiger partial charge in [0, 0.05) is 44.7 Å². The lowest BCUT2D eigenvalue weighted by Crippen LogP contribution is -2.51. The minimum Gasteiger partial charge on any atom is -0.370 e. The Labute approximate surface area is 112 Å². The summed E-state index contributed by atoms with van der Waals surface area (Å²) in [5.41, 5.74) is 0. The molecular formula is C13H19N5O. The lowest BCUT2D eigenvalue weighted by Gasteiger charge is -2.38. The Bertz CT molecular complexity index is 478. The lowest BCUT2D eigenvalue weighted by molar-refractivity contribution is -0.129. The summed E-state index contributed by atoms with van der Waals surface area (Å²) in [6, 6.07) is 2.34. The predicted molar refractivity (Wildman–Crippen MR) is 73.1 cm³/mol. The Morgan fingerprint density at radius 3 is 3.16 bits per heavy atom.